The third kappa shape index (κ3) is 3.19. The molecule has 0 saturated carbocycles. The van der Waals surface area contributed by atoms with Gasteiger partial charge in [-0.05, 0) is 43.5 Å². The molecule has 0 radical (unpaired) electrons. The number of fused-ring (bicyclic) bond motifs is 2. The Morgan fingerprint density at radius 3 is 2.76 bits per heavy atom. The molecule has 3 aromatic rings. The van der Waals surface area contributed by atoms with Gasteiger partial charge in [0.2, 0.25) is 0 Å². The lowest BCUT2D eigenvalue weighted by atomic mass is 9.97. The third-order valence-electron chi connectivity index (χ3n) is 5.74. The Bertz CT molecular complexity index is 1060. The summed E-state index contributed by atoms with van der Waals surface area (Å²) < 4.78 is 18.6. The second kappa shape index (κ2) is 7.74. The fraction of sp³-hybridized carbons (Fsp3) is 0.455. The number of hydrogen-bond acceptors (Lipinski definition) is 6. The Kier molecular flexibility index (Phi) is 5.29. The van der Waals surface area contributed by atoms with Crippen LogP contribution < -0.4 is 10.5 Å². The minimum absolute atomic E-state index is 0.178. The molecule has 0 saturated heterocycles. The maximum Gasteiger partial charge on any atom is 0.163 e. The van der Waals surface area contributed by atoms with Crippen LogP contribution in [0.2, 0.25) is 0 Å². The molecular weight excluding hydrogens is 368 g/mol. The van der Waals surface area contributed by atoms with E-state index in [0.717, 1.165) is 57.2 Å². The Morgan fingerprint density at radius 1 is 1.31 bits per heavy atom. The highest BCUT2D eigenvalue weighted by atomic mass is 16.5. The first-order valence-corrected chi connectivity index (χ1v) is 9.93. The van der Waals surface area contributed by atoms with Crippen molar-refractivity contribution in [3.8, 4) is 16.9 Å². The monoisotopic (exact) mass is 396 g/mol. The second-order valence-electron chi connectivity index (χ2n) is 7.53. The van der Waals surface area contributed by atoms with Crippen molar-refractivity contribution in [2.75, 3.05) is 20.8 Å². The second-order valence-corrected chi connectivity index (χ2v) is 7.53. The van der Waals surface area contributed by atoms with Crippen LogP contribution in [0.15, 0.2) is 18.2 Å². The molecule has 0 fully saturated rings. The van der Waals surface area contributed by atoms with Crippen LogP contribution >= 0.6 is 0 Å². The number of benzene rings is 1. The van der Waals surface area contributed by atoms with E-state index in [1.54, 1.807) is 14.2 Å². The predicted molar refractivity (Wildman–Crippen MR) is 111 cm³/mol. The summed E-state index contributed by atoms with van der Waals surface area (Å²) in [5, 5.41) is 4.90. The fourth-order valence-electron chi connectivity index (χ4n) is 4.23. The number of aromatic nitrogens is 3. The molecule has 154 valence electrons. The lowest BCUT2D eigenvalue weighted by molar-refractivity contribution is 0.0689. The minimum Gasteiger partial charge on any atom is -0.497 e. The van der Waals surface area contributed by atoms with Crippen molar-refractivity contribution in [1.29, 1.82) is 0 Å². The number of methoxy groups -OCH3 is 2. The van der Waals surface area contributed by atoms with Gasteiger partial charge in [-0.3, -0.25) is 0 Å². The average Bonchev–Trinajstić information content (AvgIpc) is 3.24. The Labute approximate surface area is 170 Å². The van der Waals surface area contributed by atoms with E-state index in [4.69, 9.17) is 30.0 Å². The van der Waals surface area contributed by atoms with Gasteiger partial charge in [-0.15, -0.1) is 0 Å². The zero-order valence-electron chi connectivity index (χ0n) is 17.7. The first-order chi connectivity index (χ1) is 14.0. The molecule has 1 unspecified atom stereocenters. The van der Waals surface area contributed by atoms with Crippen LogP contribution in [-0.2, 0) is 16.1 Å². The maximum atomic E-state index is 6.22. The first kappa shape index (κ1) is 19.8. The molecule has 0 aliphatic carbocycles. The Morgan fingerprint density at radius 2 is 2.10 bits per heavy atom. The number of hydrogen-bond donors (Lipinski definition) is 1. The Balaban J connectivity index is 2.02. The molecule has 7 heteroatoms. The zero-order chi connectivity index (χ0) is 20.7. The van der Waals surface area contributed by atoms with Gasteiger partial charge >= 0.3 is 0 Å². The summed E-state index contributed by atoms with van der Waals surface area (Å²) in [4.78, 5) is 4.93. The van der Waals surface area contributed by atoms with E-state index in [1.165, 1.54) is 0 Å². The highest BCUT2D eigenvalue weighted by Gasteiger charge is 2.32. The fourth-order valence-corrected chi connectivity index (χ4v) is 4.23. The van der Waals surface area contributed by atoms with Gasteiger partial charge in [-0.25, -0.2) is 9.50 Å². The van der Waals surface area contributed by atoms with Crippen LogP contribution in [0.1, 0.15) is 53.7 Å². The third-order valence-corrected chi connectivity index (χ3v) is 5.74. The van der Waals surface area contributed by atoms with Crippen molar-refractivity contribution in [3.05, 3.63) is 46.4 Å². The van der Waals surface area contributed by atoms with Crippen molar-refractivity contribution in [1.82, 2.24) is 14.6 Å². The highest BCUT2D eigenvalue weighted by molar-refractivity contribution is 5.82. The van der Waals surface area contributed by atoms with Gasteiger partial charge in [0.15, 0.2) is 5.65 Å². The summed E-state index contributed by atoms with van der Waals surface area (Å²) in [6.45, 7) is 7.31. The van der Waals surface area contributed by atoms with Crippen LogP contribution in [0, 0.1) is 13.8 Å². The molecule has 1 aliphatic rings. The molecular formula is C22H28N4O3. The summed E-state index contributed by atoms with van der Waals surface area (Å²) in [5.74, 6) is 1.01. The van der Waals surface area contributed by atoms with E-state index in [0.29, 0.717) is 13.2 Å². The van der Waals surface area contributed by atoms with Crippen LogP contribution in [0.25, 0.3) is 16.8 Å². The van der Waals surface area contributed by atoms with Crippen LogP contribution in [-0.4, -0.2) is 35.4 Å². The standard InChI is InChI=1S/C22H28N4O3/c1-6-14(10-27-4)20-17-11-29-21(23)19(17)24-22-18(13(3)25-26(20)22)16-8-7-15(28-5)9-12(16)2/h7-9,14,21H,6,10-11,23H2,1-5H3/t14-,21?/m0/s1. The van der Waals surface area contributed by atoms with E-state index in [9.17, 15) is 0 Å². The van der Waals surface area contributed by atoms with Gasteiger partial charge in [0, 0.05) is 24.2 Å². The largest absolute Gasteiger partial charge is 0.497 e. The van der Waals surface area contributed by atoms with E-state index >= 15 is 0 Å². The lowest BCUT2D eigenvalue weighted by Crippen LogP contribution is -2.17. The molecule has 4 rings (SSSR count). The summed E-state index contributed by atoms with van der Waals surface area (Å²) in [5.41, 5.74) is 14.1. The van der Waals surface area contributed by atoms with Crippen molar-refractivity contribution in [3.63, 3.8) is 0 Å². The number of nitrogens with two attached hydrogens (primary N) is 1. The van der Waals surface area contributed by atoms with Gasteiger partial charge in [0.1, 0.15) is 12.0 Å². The number of rotatable bonds is 6. The van der Waals surface area contributed by atoms with Crippen molar-refractivity contribution in [2.45, 2.75) is 45.9 Å². The highest BCUT2D eigenvalue weighted by Crippen LogP contribution is 2.38. The van der Waals surface area contributed by atoms with Gasteiger partial charge in [-0.1, -0.05) is 13.0 Å². The maximum absolute atomic E-state index is 6.22. The molecule has 2 atom stereocenters. The lowest BCUT2D eigenvalue weighted by Gasteiger charge is -2.19. The van der Waals surface area contributed by atoms with Crippen molar-refractivity contribution in [2.24, 2.45) is 5.73 Å². The molecule has 2 aromatic heterocycles. The zero-order valence-corrected chi connectivity index (χ0v) is 17.7. The van der Waals surface area contributed by atoms with E-state index in [-0.39, 0.29) is 5.92 Å². The molecule has 2 N–H and O–H groups in total. The molecule has 29 heavy (non-hydrogen) atoms. The topological polar surface area (TPSA) is 83.9 Å². The predicted octanol–water partition coefficient (Wildman–Crippen LogP) is 3.65. The summed E-state index contributed by atoms with van der Waals surface area (Å²) >= 11 is 0. The van der Waals surface area contributed by atoms with Gasteiger partial charge in [0.05, 0.1) is 37.4 Å². The molecule has 7 nitrogen and oxygen atoms in total. The summed E-state index contributed by atoms with van der Waals surface area (Å²) in [6, 6.07) is 6.06. The molecule has 0 bridgehead atoms. The van der Waals surface area contributed by atoms with Crippen molar-refractivity contribution < 1.29 is 14.2 Å². The van der Waals surface area contributed by atoms with Gasteiger partial charge in [0.25, 0.3) is 0 Å². The van der Waals surface area contributed by atoms with Gasteiger partial charge < -0.3 is 19.9 Å². The van der Waals surface area contributed by atoms with E-state index in [2.05, 4.69) is 19.9 Å². The number of ether oxygens (including phenoxy) is 3. The van der Waals surface area contributed by atoms with Crippen LogP contribution in [0.5, 0.6) is 5.75 Å². The smallest absolute Gasteiger partial charge is 0.163 e. The van der Waals surface area contributed by atoms with Crippen LogP contribution in [0.4, 0.5) is 0 Å². The first-order valence-electron chi connectivity index (χ1n) is 9.93. The number of aryl methyl sites for hydroxylation is 2. The minimum atomic E-state index is -0.520. The van der Waals surface area contributed by atoms with Gasteiger partial charge in [-0.2, -0.15) is 5.10 Å². The average molecular weight is 396 g/mol. The molecule has 0 spiro atoms. The Hall–Kier alpha value is -2.48. The van der Waals surface area contributed by atoms with Crippen molar-refractivity contribution >= 4 is 5.65 Å². The SMILES string of the molecule is CC[C@@H](COC)c1c2c(nc3c(-c4ccc(OC)cc4C)c(C)nn13)C(N)OC2. The molecule has 1 aromatic carbocycles. The molecule has 1 aliphatic heterocycles. The molecule has 0 amide bonds. The van der Waals surface area contributed by atoms with E-state index < -0.39 is 6.23 Å². The quantitative estimate of drug-likeness (QED) is 0.685. The number of nitrogens with zero attached hydrogens (tertiary/aromatic N) is 3. The normalized spacial score (nSPS) is 17.0. The molecule has 3 heterocycles. The van der Waals surface area contributed by atoms with Crippen LogP contribution in [0.3, 0.4) is 0 Å². The van der Waals surface area contributed by atoms with E-state index in [1.807, 2.05) is 23.6 Å². The summed E-state index contributed by atoms with van der Waals surface area (Å²) in [7, 11) is 3.40. The summed E-state index contributed by atoms with van der Waals surface area (Å²) in [6.07, 6.45) is 0.401.